The number of hydrogen-bond donors (Lipinski definition) is 2. The van der Waals surface area contributed by atoms with E-state index in [-0.39, 0.29) is 29.3 Å². The number of pyridine rings is 1. The maximum atomic E-state index is 13.9. The zero-order valence-corrected chi connectivity index (χ0v) is 20.8. The first-order valence-corrected chi connectivity index (χ1v) is 13.0. The van der Waals surface area contributed by atoms with Gasteiger partial charge in [-0.1, -0.05) is 46.1 Å². The van der Waals surface area contributed by atoms with Crippen LogP contribution < -0.4 is 15.5 Å². The van der Waals surface area contributed by atoms with Gasteiger partial charge in [-0.3, -0.25) is 19.5 Å². The van der Waals surface area contributed by atoms with E-state index in [1.807, 2.05) is 18.2 Å². The number of nitrogens with zero attached hydrogens (tertiary/aromatic N) is 2. The molecule has 2 N–H and O–H groups in total. The molecule has 178 valence electrons. The lowest BCUT2D eigenvalue weighted by Crippen LogP contribution is -2.51. The highest BCUT2D eigenvalue weighted by Crippen LogP contribution is 2.39. The molecule has 2 aromatic heterocycles. The number of anilines is 1. The van der Waals surface area contributed by atoms with E-state index in [0.29, 0.717) is 0 Å². The number of nitrogens with one attached hydrogen (secondary N) is 2. The molecular formula is C26H36N4O2S. The fraction of sp³-hybridized carbons (Fsp3) is 0.577. The first-order chi connectivity index (χ1) is 15.8. The van der Waals surface area contributed by atoms with Crippen LogP contribution in [0.4, 0.5) is 5.00 Å². The molecule has 1 saturated heterocycles. The molecule has 3 heterocycles. The van der Waals surface area contributed by atoms with Gasteiger partial charge >= 0.3 is 0 Å². The lowest BCUT2D eigenvalue weighted by molar-refractivity contribution is -0.127. The Bertz CT molecular complexity index is 941. The standard InChI is InChI=1S/C26H36N4O2S/c1-26(2,3)21-13-14-22(33-21)30(25(32)20-12-8-16-28-20)23(18-9-7-15-27-17-18)24(31)29-19-10-5-4-6-11-19/h7,9,13-15,17,19-20,23,28H,4-6,8,10-12,16H2,1-3H3,(H,29,31)/t20-,23?/m1/s1. The van der Waals surface area contributed by atoms with Crippen molar-refractivity contribution in [3.63, 3.8) is 0 Å². The maximum Gasteiger partial charge on any atom is 0.248 e. The van der Waals surface area contributed by atoms with Crippen molar-refractivity contribution in [2.24, 2.45) is 0 Å². The summed E-state index contributed by atoms with van der Waals surface area (Å²) in [4.78, 5) is 34.9. The van der Waals surface area contributed by atoms with Crippen LogP contribution in [0.3, 0.4) is 0 Å². The number of aromatic nitrogens is 1. The topological polar surface area (TPSA) is 74.3 Å². The van der Waals surface area contributed by atoms with Crippen LogP contribution in [0.2, 0.25) is 0 Å². The highest BCUT2D eigenvalue weighted by Gasteiger charge is 2.39. The Balaban J connectivity index is 1.74. The molecule has 0 bridgehead atoms. The molecule has 2 atom stereocenters. The van der Waals surface area contributed by atoms with Gasteiger partial charge in [0.05, 0.1) is 11.0 Å². The van der Waals surface area contributed by atoms with Gasteiger partial charge in [-0.25, -0.2) is 0 Å². The Hall–Kier alpha value is -2.25. The van der Waals surface area contributed by atoms with E-state index in [0.717, 1.165) is 55.6 Å². The average molecular weight is 469 g/mol. The first kappa shape index (κ1) is 23.9. The zero-order chi connectivity index (χ0) is 23.4. The van der Waals surface area contributed by atoms with E-state index < -0.39 is 6.04 Å². The molecule has 2 amide bonds. The molecule has 4 rings (SSSR count). The summed E-state index contributed by atoms with van der Waals surface area (Å²) in [6.45, 7) is 7.33. The molecule has 0 radical (unpaired) electrons. The molecule has 1 aliphatic carbocycles. The summed E-state index contributed by atoms with van der Waals surface area (Å²) in [5, 5.41) is 7.42. The van der Waals surface area contributed by atoms with Crippen LogP contribution in [0, 0.1) is 0 Å². The summed E-state index contributed by atoms with van der Waals surface area (Å²) in [5.74, 6) is -0.158. The van der Waals surface area contributed by atoms with Crippen LogP contribution in [0.25, 0.3) is 0 Å². The molecule has 0 aromatic carbocycles. The predicted octanol–water partition coefficient (Wildman–Crippen LogP) is 4.72. The molecule has 1 aliphatic heterocycles. The molecule has 0 spiro atoms. The van der Waals surface area contributed by atoms with Crippen molar-refractivity contribution in [2.75, 3.05) is 11.4 Å². The van der Waals surface area contributed by atoms with Crippen molar-refractivity contribution < 1.29 is 9.59 Å². The van der Waals surface area contributed by atoms with Crippen LogP contribution in [0.1, 0.15) is 82.2 Å². The van der Waals surface area contributed by atoms with Crippen LogP contribution >= 0.6 is 11.3 Å². The lowest BCUT2D eigenvalue weighted by Gasteiger charge is -2.34. The molecule has 2 fully saturated rings. The van der Waals surface area contributed by atoms with E-state index in [2.05, 4.69) is 42.5 Å². The van der Waals surface area contributed by atoms with Crippen molar-refractivity contribution in [1.29, 1.82) is 0 Å². The Morgan fingerprint density at radius 2 is 1.91 bits per heavy atom. The van der Waals surface area contributed by atoms with Crippen molar-refractivity contribution in [2.45, 2.75) is 89.3 Å². The molecular weight excluding hydrogens is 432 g/mol. The van der Waals surface area contributed by atoms with E-state index >= 15 is 0 Å². The Labute approximate surface area is 201 Å². The fourth-order valence-electron chi connectivity index (χ4n) is 4.77. The molecule has 1 unspecified atom stereocenters. The van der Waals surface area contributed by atoms with Gasteiger partial charge in [0.25, 0.3) is 0 Å². The monoisotopic (exact) mass is 468 g/mol. The van der Waals surface area contributed by atoms with Crippen LogP contribution in [-0.2, 0) is 15.0 Å². The second-order valence-electron chi connectivity index (χ2n) is 10.3. The molecule has 1 saturated carbocycles. The summed E-state index contributed by atoms with van der Waals surface area (Å²) in [5.41, 5.74) is 0.708. The maximum absolute atomic E-state index is 13.9. The normalized spacial score (nSPS) is 20.4. The van der Waals surface area contributed by atoms with E-state index in [1.165, 1.54) is 11.3 Å². The van der Waals surface area contributed by atoms with Gasteiger partial charge in [0.1, 0.15) is 6.04 Å². The van der Waals surface area contributed by atoms with Crippen molar-refractivity contribution >= 4 is 28.2 Å². The van der Waals surface area contributed by atoms with Gasteiger partial charge in [0.15, 0.2) is 0 Å². The summed E-state index contributed by atoms with van der Waals surface area (Å²) >= 11 is 1.60. The molecule has 33 heavy (non-hydrogen) atoms. The van der Waals surface area contributed by atoms with Gasteiger partial charge < -0.3 is 10.6 Å². The fourth-order valence-corrected chi connectivity index (χ4v) is 5.87. The van der Waals surface area contributed by atoms with Crippen molar-refractivity contribution in [1.82, 2.24) is 15.6 Å². The quantitative estimate of drug-likeness (QED) is 0.644. The molecule has 6 nitrogen and oxygen atoms in total. The zero-order valence-electron chi connectivity index (χ0n) is 20.0. The highest BCUT2D eigenvalue weighted by atomic mass is 32.1. The first-order valence-electron chi connectivity index (χ1n) is 12.2. The number of carbonyl (C=O) groups is 2. The SMILES string of the molecule is CC(C)(C)c1ccc(N(C(=O)[C@H]2CCCN2)C(C(=O)NC2CCCCC2)c2cccnc2)s1. The van der Waals surface area contributed by atoms with Gasteiger partial charge in [-0.15, -0.1) is 11.3 Å². The third kappa shape index (κ3) is 5.64. The summed E-state index contributed by atoms with van der Waals surface area (Å²) in [6, 6.07) is 6.96. The third-order valence-electron chi connectivity index (χ3n) is 6.62. The minimum absolute atomic E-state index is 0.0304. The molecule has 2 aromatic rings. The van der Waals surface area contributed by atoms with Crippen molar-refractivity contribution in [3.8, 4) is 0 Å². The minimum Gasteiger partial charge on any atom is -0.351 e. The van der Waals surface area contributed by atoms with Crippen LogP contribution in [0.5, 0.6) is 0 Å². The Morgan fingerprint density at radius 1 is 1.12 bits per heavy atom. The van der Waals surface area contributed by atoms with Crippen LogP contribution in [-0.4, -0.2) is 35.4 Å². The third-order valence-corrected chi connectivity index (χ3v) is 8.13. The minimum atomic E-state index is -0.748. The van der Waals surface area contributed by atoms with E-state index in [1.54, 1.807) is 28.6 Å². The number of rotatable bonds is 6. The number of hydrogen-bond acceptors (Lipinski definition) is 5. The smallest absolute Gasteiger partial charge is 0.248 e. The number of thiophene rings is 1. The molecule has 7 heteroatoms. The van der Waals surface area contributed by atoms with Crippen LogP contribution in [0.15, 0.2) is 36.7 Å². The largest absolute Gasteiger partial charge is 0.351 e. The van der Waals surface area contributed by atoms with Crippen molar-refractivity contribution in [3.05, 3.63) is 47.1 Å². The van der Waals surface area contributed by atoms with E-state index in [9.17, 15) is 9.59 Å². The lowest BCUT2D eigenvalue weighted by atomic mass is 9.94. The van der Waals surface area contributed by atoms with E-state index in [4.69, 9.17) is 0 Å². The Morgan fingerprint density at radius 3 is 2.52 bits per heavy atom. The van der Waals surface area contributed by atoms with Gasteiger partial charge in [0.2, 0.25) is 11.8 Å². The van der Waals surface area contributed by atoms with Gasteiger partial charge in [-0.05, 0) is 55.8 Å². The summed E-state index contributed by atoms with van der Waals surface area (Å²) in [7, 11) is 0. The highest BCUT2D eigenvalue weighted by molar-refractivity contribution is 7.16. The molecule has 2 aliphatic rings. The summed E-state index contributed by atoms with van der Waals surface area (Å²) in [6.07, 6.45) is 10.7. The van der Waals surface area contributed by atoms with Gasteiger partial charge in [0, 0.05) is 28.9 Å². The summed E-state index contributed by atoms with van der Waals surface area (Å²) < 4.78 is 0. The second kappa shape index (κ2) is 10.3. The number of carbonyl (C=O) groups excluding carboxylic acids is 2. The average Bonchev–Trinajstić information content (AvgIpc) is 3.50. The second-order valence-corrected chi connectivity index (χ2v) is 11.3. The predicted molar refractivity (Wildman–Crippen MR) is 134 cm³/mol. The van der Waals surface area contributed by atoms with Gasteiger partial charge in [-0.2, -0.15) is 0 Å². The number of amides is 2. The Kier molecular flexibility index (Phi) is 7.49.